The molecule has 0 aromatic carbocycles. The van der Waals surface area contributed by atoms with Crippen LogP contribution >= 0.6 is 0 Å². The molecule has 2 aliphatic rings. The van der Waals surface area contributed by atoms with Crippen LogP contribution in [0.1, 0.15) is 59.3 Å². The summed E-state index contributed by atoms with van der Waals surface area (Å²) in [6, 6.07) is 0.0508. The average molecular weight is 253 g/mol. The van der Waals surface area contributed by atoms with E-state index in [2.05, 4.69) is 0 Å². The maximum absolute atomic E-state index is 12.5. The Labute approximate surface area is 111 Å². The lowest BCUT2D eigenvalue weighted by molar-refractivity contribution is -0.141. The number of carbonyl (C=O) groups excluding carboxylic acids is 1. The number of nitrogens with zero attached hydrogens (tertiary/aromatic N) is 1. The molecule has 0 bridgehead atoms. The Morgan fingerprint density at radius 3 is 2.39 bits per heavy atom. The first kappa shape index (κ1) is 13.9. The summed E-state index contributed by atoms with van der Waals surface area (Å²) in [7, 11) is 0. The van der Waals surface area contributed by atoms with Crippen LogP contribution in [0.2, 0.25) is 0 Å². The molecule has 1 atom stereocenters. The number of hydrogen-bond donors (Lipinski definition) is 1. The third kappa shape index (κ3) is 2.56. The molecule has 1 N–H and O–H groups in total. The van der Waals surface area contributed by atoms with Gasteiger partial charge in [-0.15, -0.1) is 0 Å². The second-order valence-corrected chi connectivity index (χ2v) is 7.28. The molecule has 1 aliphatic carbocycles. The molecule has 0 radical (unpaired) electrons. The predicted molar refractivity (Wildman–Crippen MR) is 72.2 cm³/mol. The van der Waals surface area contributed by atoms with Gasteiger partial charge in [0, 0.05) is 12.0 Å². The van der Waals surface area contributed by atoms with Crippen LogP contribution in [0.15, 0.2) is 0 Å². The van der Waals surface area contributed by atoms with Crippen LogP contribution in [0.5, 0.6) is 0 Å². The minimum absolute atomic E-state index is 0.0508. The van der Waals surface area contributed by atoms with Crippen LogP contribution in [0.4, 0.5) is 0 Å². The number of hydrogen-bond acceptors (Lipinski definition) is 2. The number of rotatable bonds is 1. The summed E-state index contributed by atoms with van der Waals surface area (Å²) < 4.78 is 0. The highest BCUT2D eigenvalue weighted by atomic mass is 16.3. The lowest BCUT2D eigenvalue weighted by Crippen LogP contribution is -2.44. The quantitative estimate of drug-likeness (QED) is 0.780. The molecule has 3 heteroatoms. The van der Waals surface area contributed by atoms with Gasteiger partial charge in [0.05, 0.1) is 12.6 Å². The first-order valence-electron chi connectivity index (χ1n) is 7.30. The van der Waals surface area contributed by atoms with Crippen molar-refractivity contribution >= 4 is 5.91 Å². The number of aliphatic hydroxyl groups excluding tert-OH is 1. The second-order valence-electron chi connectivity index (χ2n) is 7.28. The largest absolute Gasteiger partial charge is 0.394 e. The Hall–Kier alpha value is -0.570. The fourth-order valence-corrected chi connectivity index (χ4v) is 3.66. The number of likely N-dealkylation sites (tertiary alicyclic amines) is 1. The van der Waals surface area contributed by atoms with Gasteiger partial charge in [-0.25, -0.2) is 0 Å². The highest BCUT2D eigenvalue weighted by Gasteiger charge is 2.47. The lowest BCUT2D eigenvalue weighted by atomic mass is 9.73. The monoisotopic (exact) mass is 253 g/mol. The third-order valence-electron chi connectivity index (χ3n) is 4.64. The van der Waals surface area contributed by atoms with E-state index in [4.69, 9.17) is 0 Å². The van der Waals surface area contributed by atoms with Gasteiger partial charge in [-0.3, -0.25) is 4.79 Å². The van der Waals surface area contributed by atoms with Crippen LogP contribution in [0.25, 0.3) is 0 Å². The molecule has 104 valence electrons. The van der Waals surface area contributed by atoms with Crippen molar-refractivity contribution in [2.24, 2.45) is 10.8 Å². The molecule has 1 spiro atoms. The van der Waals surface area contributed by atoms with E-state index in [1.54, 1.807) is 0 Å². The molecular weight excluding hydrogens is 226 g/mol. The maximum atomic E-state index is 12.5. The van der Waals surface area contributed by atoms with Crippen LogP contribution in [-0.4, -0.2) is 35.1 Å². The van der Waals surface area contributed by atoms with E-state index in [0.717, 1.165) is 13.0 Å². The first-order chi connectivity index (χ1) is 8.38. The fraction of sp³-hybridized carbons (Fsp3) is 0.933. The van der Waals surface area contributed by atoms with Crippen molar-refractivity contribution in [1.82, 2.24) is 4.90 Å². The zero-order valence-electron chi connectivity index (χ0n) is 12.0. The van der Waals surface area contributed by atoms with E-state index in [1.165, 1.54) is 32.1 Å². The smallest absolute Gasteiger partial charge is 0.228 e. The molecule has 2 rings (SSSR count). The number of aliphatic hydroxyl groups is 1. The molecule has 1 heterocycles. The summed E-state index contributed by atoms with van der Waals surface area (Å²) in [5.74, 6) is 0.198. The van der Waals surface area contributed by atoms with Crippen molar-refractivity contribution in [2.75, 3.05) is 13.2 Å². The maximum Gasteiger partial charge on any atom is 0.228 e. The van der Waals surface area contributed by atoms with Crippen LogP contribution < -0.4 is 0 Å². The van der Waals surface area contributed by atoms with Gasteiger partial charge in [-0.05, 0) is 24.7 Å². The van der Waals surface area contributed by atoms with Gasteiger partial charge in [0.25, 0.3) is 0 Å². The molecule has 1 saturated heterocycles. The highest BCUT2D eigenvalue weighted by molar-refractivity contribution is 5.82. The summed E-state index contributed by atoms with van der Waals surface area (Å²) in [6.45, 7) is 6.89. The average Bonchev–Trinajstić information content (AvgIpc) is 2.66. The topological polar surface area (TPSA) is 40.5 Å². The van der Waals surface area contributed by atoms with E-state index < -0.39 is 0 Å². The minimum Gasteiger partial charge on any atom is -0.394 e. The summed E-state index contributed by atoms with van der Waals surface area (Å²) in [5.41, 5.74) is -0.0276. The fourth-order valence-electron chi connectivity index (χ4n) is 3.66. The van der Waals surface area contributed by atoms with Crippen LogP contribution in [0.3, 0.4) is 0 Å². The van der Waals surface area contributed by atoms with E-state index in [1.807, 2.05) is 25.7 Å². The van der Waals surface area contributed by atoms with Crippen molar-refractivity contribution in [3.05, 3.63) is 0 Å². The van der Waals surface area contributed by atoms with Gasteiger partial charge in [-0.2, -0.15) is 0 Å². The van der Waals surface area contributed by atoms with E-state index >= 15 is 0 Å². The minimum atomic E-state index is -0.340. The Balaban J connectivity index is 2.13. The van der Waals surface area contributed by atoms with Gasteiger partial charge in [0.2, 0.25) is 5.91 Å². The van der Waals surface area contributed by atoms with Gasteiger partial charge >= 0.3 is 0 Å². The number of amides is 1. The summed E-state index contributed by atoms with van der Waals surface area (Å²) in [5, 5.41) is 9.57. The molecule has 0 aromatic heterocycles. The Morgan fingerprint density at radius 1 is 1.28 bits per heavy atom. The van der Waals surface area contributed by atoms with Gasteiger partial charge in [-0.1, -0.05) is 40.0 Å². The molecular formula is C15H27NO2. The standard InChI is InChI=1S/C15H27NO2/c1-14(2,3)13(18)16-11-15(9-12(16)10-17)7-5-4-6-8-15/h12,17H,4-11H2,1-3H3. The summed E-state index contributed by atoms with van der Waals surface area (Å²) >= 11 is 0. The molecule has 2 fully saturated rings. The van der Waals surface area contributed by atoms with Crippen LogP contribution in [-0.2, 0) is 4.79 Å². The van der Waals surface area contributed by atoms with Crippen molar-refractivity contribution in [1.29, 1.82) is 0 Å². The normalized spacial score (nSPS) is 27.8. The zero-order chi connectivity index (χ0) is 13.4. The van der Waals surface area contributed by atoms with E-state index in [-0.39, 0.29) is 24.0 Å². The molecule has 1 aliphatic heterocycles. The Kier molecular flexibility index (Phi) is 3.72. The van der Waals surface area contributed by atoms with E-state index in [0.29, 0.717) is 5.41 Å². The van der Waals surface area contributed by atoms with Crippen molar-refractivity contribution < 1.29 is 9.90 Å². The predicted octanol–water partition coefficient (Wildman–Crippen LogP) is 2.58. The molecule has 1 unspecified atom stereocenters. The van der Waals surface area contributed by atoms with Crippen molar-refractivity contribution in [2.45, 2.75) is 65.3 Å². The number of carbonyl (C=O) groups is 1. The van der Waals surface area contributed by atoms with E-state index in [9.17, 15) is 9.90 Å². The first-order valence-corrected chi connectivity index (χ1v) is 7.30. The van der Waals surface area contributed by atoms with Crippen molar-refractivity contribution in [3.63, 3.8) is 0 Å². The summed E-state index contributed by atoms with van der Waals surface area (Å²) in [6.07, 6.45) is 7.38. The second kappa shape index (κ2) is 4.84. The van der Waals surface area contributed by atoms with Gasteiger partial charge < -0.3 is 10.0 Å². The summed E-state index contributed by atoms with van der Waals surface area (Å²) in [4.78, 5) is 14.4. The third-order valence-corrected chi connectivity index (χ3v) is 4.64. The SMILES string of the molecule is CC(C)(C)C(=O)N1CC2(CCCCC2)CC1CO. The molecule has 3 nitrogen and oxygen atoms in total. The highest BCUT2D eigenvalue weighted by Crippen LogP contribution is 2.46. The van der Waals surface area contributed by atoms with Crippen molar-refractivity contribution in [3.8, 4) is 0 Å². The Bertz CT molecular complexity index is 313. The molecule has 1 saturated carbocycles. The lowest BCUT2D eigenvalue weighted by Gasteiger charge is -2.34. The van der Waals surface area contributed by atoms with Gasteiger partial charge in [0.1, 0.15) is 0 Å². The molecule has 1 amide bonds. The van der Waals surface area contributed by atoms with Gasteiger partial charge in [0.15, 0.2) is 0 Å². The molecule has 0 aromatic rings. The zero-order valence-corrected chi connectivity index (χ0v) is 12.0. The van der Waals surface area contributed by atoms with Crippen LogP contribution in [0, 0.1) is 10.8 Å². The molecule has 18 heavy (non-hydrogen) atoms. The Morgan fingerprint density at radius 2 is 1.89 bits per heavy atom.